The van der Waals surface area contributed by atoms with Gasteiger partial charge in [0.05, 0.1) is 5.69 Å². The normalized spacial score (nSPS) is 20.8. The minimum atomic E-state index is -3.30. The first-order valence-corrected chi connectivity index (χ1v) is 12.4. The number of likely N-dealkylation sites (tertiary alicyclic amines) is 1. The summed E-state index contributed by atoms with van der Waals surface area (Å²) in [6.07, 6.45) is 7.68. The predicted molar refractivity (Wildman–Crippen MR) is 120 cm³/mol. The minimum absolute atomic E-state index is 0.266. The number of carbonyl (C=O) groups excluding carboxylic acids is 4. The molecule has 1 spiro atoms. The molecule has 3 aliphatic heterocycles. The molecule has 2 fully saturated rings. The fourth-order valence-electron chi connectivity index (χ4n) is 4.37. The Balaban J connectivity index is 1.49. The van der Waals surface area contributed by atoms with Crippen LogP contribution in [0.1, 0.15) is 41.6 Å². The van der Waals surface area contributed by atoms with Crippen LogP contribution in [0.15, 0.2) is 47.6 Å². The third-order valence-corrected chi connectivity index (χ3v) is 8.44. The number of hydrogen-bond acceptors (Lipinski definition) is 8. The van der Waals surface area contributed by atoms with Crippen LogP contribution in [-0.4, -0.2) is 59.0 Å². The van der Waals surface area contributed by atoms with Crippen LogP contribution in [0.5, 0.6) is 0 Å². The van der Waals surface area contributed by atoms with Gasteiger partial charge in [-0.25, -0.2) is 14.4 Å². The van der Waals surface area contributed by atoms with E-state index in [2.05, 4.69) is 9.88 Å². The van der Waals surface area contributed by atoms with Crippen molar-refractivity contribution < 1.29 is 27.5 Å². The van der Waals surface area contributed by atoms with E-state index in [0.29, 0.717) is 29.9 Å². The van der Waals surface area contributed by atoms with Crippen molar-refractivity contribution in [2.75, 3.05) is 31.1 Å². The molecule has 0 aliphatic carbocycles. The fraction of sp³-hybridized carbons (Fsp3) is 0.348. The Kier molecular flexibility index (Phi) is 5.63. The van der Waals surface area contributed by atoms with Crippen LogP contribution in [0.2, 0.25) is 0 Å². The monoisotopic (exact) mass is 469 g/mol. The van der Waals surface area contributed by atoms with Gasteiger partial charge in [-0.1, -0.05) is 12.8 Å². The maximum atomic E-state index is 13.5. The van der Waals surface area contributed by atoms with E-state index < -0.39 is 27.8 Å². The van der Waals surface area contributed by atoms with Crippen LogP contribution in [0.4, 0.5) is 10.5 Å². The summed E-state index contributed by atoms with van der Waals surface area (Å²) in [5, 5.41) is -0.556. The number of benzene rings is 1. The molecule has 1 aromatic heterocycles. The topological polar surface area (TPSA) is 106 Å². The number of amides is 1. The summed E-state index contributed by atoms with van der Waals surface area (Å²) in [6, 6.07) is 7.97. The minimum Gasteiger partial charge on any atom is -0.320 e. The van der Waals surface area contributed by atoms with Crippen LogP contribution < -0.4 is 4.90 Å². The van der Waals surface area contributed by atoms with Gasteiger partial charge >= 0.3 is 17.2 Å². The fourth-order valence-corrected chi connectivity index (χ4v) is 6.70. The Hall–Kier alpha value is -3.24. The second-order valence-corrected chi connectivity index (χ2v) is 10.3. The van der Waals surface area contributed by atoms with Crippen LogP contribution in [0.3, 0.4) is 0 Å². The molecule has 172 valence electrons. The van der Waals surface area contributed by atoms with Crippen molar-refractivity contribution in [1.82, 2.24) is 9.88 Å². The molecule has 0 saturated carbocycles. The SMILES string of the molecule is O=C1OS2(OC1=O)C(=O)N(CCN1CCCCCC1)c1ccc(C(=O)c3ccncc3)cc12. The molecule has 3 aliphatic rings. The quantitative estimate of drug-likeness (QED) is 0.485. The summed E-state index contributed by atoms with van der Waals surface area (Å²) < 4.78 is 10.6. The van der Waals surface area contributed by atoms with Crippen molar-refractivity contribution >= 4 is 39.2 Å². The highest BCUT2D eigenvalue weighted by Crippen LogP contribution is 2.69. The molecule has 2 saturated heterocycles. The average Bonchev–Trinajstić information content (AvgIpc) is 3.10. The maximum absolute atomic E-state index is 13.5. The number of aromatic nitrogens is 1. The molecule has 5 rings (SSSR count). The third kappa shape index (κ3) is 3.79. The van der Waals surface area contributed by atoms with Gasteiger partial charge in [0.1, 0.15) is 4.90 Å². The largest absolute Gasteiger partial charge is 0.442 e. The van der Waals surface area contributed by atoms with E-state index >= 15 is 0 Å². The van der Waals surface area contributed by atoms with Crippen molar-refractivity contribution in [2.24, 2.45) is 0 Å². The molecule has 4 heterocycles. The Morgan fingerprint density at radius 1 is 0.879 bits per heavy atom. The summed E-state index contributed by atoms with van der Waals surface area (Å²) in [5.74, 6) is -2.66. The van der Waals surface area contributed by atoms with E-state index in [0.717, 1.165) is 25.9 Å². The van der Waals surface area contributed by atoms with Crippen LogP contribution in [-0.2, 0) is 18.0 Å². The Bertz CT molecular complexity index is 1110. The van der Waals surface area contributed by atoms with Crippen molar-refractivity contribution in [3.63, 3.8) is 0 Å². The summed E-state index contributed by atoms with van der Waals surface area (Å²) >= 11 is 0. The number of nitrogens with zero attached hydrogens (tertiary/aromatic N) is 3. The number of carbonyl (C=O) groups is 4. The molecule has 1 amide bonds. The highest BCUT2D eigenvalue weighted by Gasteiger charge is 2.56. The standard InChI is InChI=1S/C23H23N3O6S/c27-20(16-7-9-24-10-8-16)17-5-6-18-19(15-17)33(31-21(28)22(29)32-33)23(30)26(18)14-13-25-11-3-1-2-4-12-25/h5-10,15H,1-4,11-14H2. The molecule has 10 heteroatoms. The van der Waals surface area contributed by atoms with Crippen LogP contribution in [0, 0.1) is 0 Å². The zero-order chi connectivity index (χ0) is 23.0. The molecular formula is C23H23N3O6S. The number of pyridine rings is 1. The Labute approximate surface area is 192 Å². The lowest BCUT2D eigenvalue weighted by Gasteiger charge is -2.29. The average molecular weight is 470 g/mol. The summed E-state index contributed by atoms with van der Waals surface area (Å²) in [6.45, 7) is 2.96. The lowest BCUT2D eigenvalue weighted by Crippen LogP contribution is -2.37. The molecule has 0 radical (unpaired) electrons. The lowest BCUT2D eigenvalue weighted by atomic mass is 10.0. The smallest absolute Gasteiger partial charge is 0.320 e. The summed E-state index contributed by atoms with van der Waals surface area (Å²) in [5.41, 5.74) is 1.23. The molecule has 0 N–H and O–H groups in total. The molecule has 0 atom stereocenters. The molecule has 1 aromatic carbocycles. The van der Waals surface area contributed by atoms with Crippen molar-refractivity contribution in [3.8, 4) is 0 Å². The second-order valence-electron chi connectivity index (χ2n) is 8.17. The first-order valence-electron chi connectivity index (χ1n) is 10.9. The van der Waals surface area contributed by atoms with Gasteiger partial charge in [0.25, 0.3) is 0 Å². The van der Waals surface area contributed by atoms with Crippen LogP contribution in [0.25, 0.3) is 0 Å². The highest BCUT2D eigenvalue weighted by atomic mass is 32.3. The van der Waals surface area contributed by atoms with Gasteiger partial charge in [-0.3, -0.25) is 14.7 Å². The molecule has 0 bridgehead atoms. The van der Waals surface area contributed by atoms with E-state index in [1.165, 1.54) is 36.2 Å². The summed E-state index contributed by atoms with van der Waals surface area (Å²) in [4.78, 5) is 58.4. The van der Waals surface area contributed by atoms with Gasteiger partial charge < -0.3 is 13.3 Å². The zero-order valence-electron chi connectivity index (χ0n) is 17.9. The molecule has 33 heavy (non-hydrogen) atoms. The van der Waals surface area contributed by atoms with E-state index in [4.69, 9.17) is 8.37 Å². The van der Waals surface area contributed by atoms with Crippen molar-refractivity contribution in [2.45, 2.75) is 30.6 Å². The number of rotatable bonds is 5. The number of ketones is 1. The van der Waals surface area contributed by atoms with E-state index in [1.54, 1.807) is 24.3 Å². The van der Waals surface area contributed by atoms with Gasteiger partial charge in [0.2, 0.25) is 0 Å². The van der Waals surface area contributed by atoms with Gasteiger partial charge in [-0.2, -0.15) is 0 Å². The van der Waals surface area contributed by atoms with Gasteiger partial charge in [-0.05, 0) is 56.3 Å². The van der Waals surface area contributed by atoms with E-state index in [-0.39, 0.29) is 10.7 Å². The van der Waals surface area contributed by atoms with Crippen LogP contribution >= 0.6 is 10.6 Å². The first kappa shape index (κ1) is 21.6. The summed E-state index contributed by atoms with van der Waals surface area (Å²) in [7, 11) is -3.30. The third-order valence-electron chi connectivity index (χ3n) is 6.09. The van der Waals surface area contributed by atoms with Gasteiger partial charge in [0.15, 0.2) is 5.78 Å². The van der Waals surface area contributed by atoms with E-state index in [1.807, 2.05) is 0 Å². The zero-order valence-corrected chi connectivity index (χ0v) is 18.7. The first-order chi connectivity index (χ1) is 16.0. The molecule has 2 aromatic rings. The lowest BCUT2D eigenvalue weighted by molar-refractivity contribution is -0.150. The second kappa shape index (κ2) is 8.60. The highest BCUT2D eigenvalue weighted by molar-refractivity contribution is 8.39. The van der Waals surface area contributed by atoms with Crippen molar-refractivity contribution in [3.05, 3.63) is 53.9 Å². The predicted octanol–water partition coefficient (Wildman–Crippen LogP) is 3.22. The van der Waals surface area contributed by atoms with Gasteiger partial charge in [0, 0.05) is 47.2 Å². The van der Waals surface area contributed by atoms with Gasteiger partial charge in [-0.15, -0.1) is 0 Å². The van der Waals surface area contributed by atoms with E-state index in [9.17, 15) is 19.2 Å². The number of fused-ring (bicyclic) bond motifs is 2. The van der Waals surface area contributed by atoms with Crippen molar-refractivity contribution in [1.29, 1.82) is 0 Å². The Morgan fingerprint density at radius 2 is 1.55 bits per heavy atom. The molecular weight excluding hydrogens is 446 g/mol. The number of anilines is 1. The number of hydrogen-bond donors (Lipinski definition) is 0. The molecule has 0 unspecified atom stereocenters. The Morgan fingerprint density at radius 3 is 2.21 bits per heavy atom. The maximum Gasteiger partial charge on any atom is 0.442 e. The molecule has 9 nitrogen and oxygen atoms in total.